The van der Waals surface area contributed by atoms with Crippen LogP contribution in [0.5, 0.6) is 0 Å². The Balaban J connectivity index is 2.25. The van der Waals surface area contributed by atoms with E-state index in [1.54, 1.807) is 0 Å². The molecule has 0 aromatic heterocycles. The van der Waals surface area contributed by atoms with Crippen molar-refractivity contribution >= 4 is 17.2 Å². The normalized spacial score (nSPS) is 22.6. The Morgan fingerprint density at radius 2 is 2.12 bits per heavy atom. The summed E-state index contributed by atoms with van der Waals surface area (Å²) in [5.74, 6) is 0. The van der Waals surface area contributed by atoms with Crippen molar-refractivity contribution < 1.29 is 5.11 Å². The molecule has 0 aliphatic carbocycles. The van der Waals surface area contributed by atoms with Crippen molar-refractivity contribution in [1.29, 1.82) is 0 Å². The van der Waals surface area contributed by atoms with Gasteiger partial charge in [0, 0.05) is 6.04 Å². The van der Waals surface area contributed by atoms with E-state index in [2.05, 4.69) is 24.0 Å². The number of likely N-dealkylation sites (tertiary alicyclic amines) is 1. The van der Waals surface area contributed by atoms with Gasteiger partial charge >= 0.3 is 0 Å². The van der Waals surface area contributed by atoms with E-state index in [0.717, 1.165) is 23.4 Å². The van der Waals surface area contributed by atoms with E-state index >= 15 is 0 Å². The smallest absolute Gasteiger partial charge is 0.0787 e. The van der Waals surface area contributed by atoms with Crippen molar-refractivity contribution in [3.8, 4) is 0 Å². The lowest BCUT2D eigenvalue weighted by Crippen LogP contribution is -2.44. The van der Waals surface area contributed by atoms with Crippen molar-refractivity contribution in [2.75, 3.05) is 6.61 Å². The van der Waals surface area contributed by atoms with Crippen LogP contribution in [0, 0.1) is 0 Å². The topological polar surface area (TPSA) is 23.5 Å². The molecule has 2 rings (SSSR count). The summed E-state index contributed by atoms with van der Waals surface area (Å²) in [6, 6.07) is 10.6. The molecule has 0 spiro atoms. The maximum atomic E-state index is 9.67. The zero-order valence-electron chi connectivity index (χ0n) is 10.2. The molecule has 2 atom stereocenters. The number of hydrogen-bond acceptors (Lipinski definition) is 2. The summed E-state index contributed by atoms with van der Waals surface area (Å²) < 4.78 is 0. The lowest BCUT2D eigenvalue weighted by Gasteiger charge is -2.41. The van der Waals surface area contributed by atoms with E-state index < -0.39 is 0 Å². The fraction of sp³-hybridized carbons (Fsp3) is 0.500. The van der Waals surface area contributed by atoms with Crippen molar-refractivity contribution in [3.63, 3.8) is 0 Å². The van der Waals surface area contributed by atoms with Crippen LogP contribution >= 0.6 is 12.2 Å². The number of benzene rings is 1. The molecule has 0 amide bonds. The third kappa shape index (κ3) is 2.67. The van der Waals surface area contributed by atoms with Crippen LogP contribution in [0.3, 0.4) is 0 Å². The summed E-state index contributed by atoms with van der Waals surface area (Å²) in [7, 11) is 0. The molecule has 1 saturated heterocycles. The van der Waals surface area contributed by atoms with Crippen LogP contribution in [0.1, 0.15) is 37.8 Å². The summed E-state index contributed by atoms with van der Waals surface area (Å²) in [5.41, 5.74) is 1.14. The fourth-order valence-corrected chi connectivity index (χ4v) is 3.02. The van der Waals surface area contributed by atoms with Gasteiger partial charge in [0.05, 0.1) is 17.6 Å². The van der Waals surface area contributed by atoms with Crippen LogP contribution in [0.4, 0.5) is 0 Å². The number of nitrogens with zero attached hydrogens (tertiary/aromatic N) is 1. The van der Waals surface area contributed by atoms with Crippen molar-refractivity contribution in [1.82, 2.24) is 4.90 Å². The van der Waals surface area contributed by atoms with E-state index in [-0.39, 0.29) is 12.6 Å². The highest BCUT2D eigenvalue weighted by atomic mass is 32.1. The Morgan fingerprint density at radius 1 is 1.41 bits per heavy atom. The molecule has 17 heavy (non-hydrogen) atoms. The SMILES string of the molecule is C[C@H]1CCCC(=S)N1[C@@H](CO)c1ccccc1. The highest BCUT2D eigenvalue weighted by Gasteiger charge is 2.29. The fourth-order valence-electron chi connectivity index (χ4n) is 2.57. The molecule has 92 valence electrons. The highest BCUT2D eigenvalue weighted by Crippen LogP contribution is 2.29. The van der Waals surface area contributed by atoms with Crippen LogP contribution in [0.15, 0.2) is 30.3 Å². The number of hydrogen-bond donors (Lipinski definition) is 1. The molecule has 1 aliphatic heterocycles. The summed E-state index contributed by atoms with van der Waals surface area (Å²) in [6.07, 6.45) is 3.30. The summed E-state index contributed by atoms with van der Waals surface area (Å²) in [4.78, 5) is 3.21. The van der Waals surface area contributed by atoms with Gasteiger partial charge in [0.15, 0.2) is 0 Å². The van der Waals surface area contributed by atoms with Gasteiger partial charge in [-0.15, -0.1) is 0 Å². The first-order valence-electron chi connectivity index (χ1n) is 6.21. The van der Waals surface area contributed by atoms with Crippen LogP contribution in [-0.2, 0) is 0 Å². The Labute approximate surface area is 108 Å². The van der Waals surface area contributed by atoms with E-state index in [9.17, 15) is 5.11 Å². The molecule has 1 aliphatic rings. The molecule has 3 heteroatoms. The van der Waals surface area contributed by atoms with Crippen molar-refractivity contribution in [3.05, 3.63) is 35.9 Å². The second-order valence-electron chi connectivity index (χ2n) is 4.65. The number of piperidine rings is 1. The van der Waals surface area contributed by atoms with Gasteiger partial charge in [0.25, 0.3) is 0 Å². The molecule has 0 bridgehead atoms. The number of aliphatic hydroxyl groups excluding tert-OH is 1. The van der Waals surface area contributed by atoms with Crippen molar-refractivity contribution in [2.45, 2.75) is 38.3 Å². The van der Waals surface area contributed by atoms with Crippen LogP contribution in [-0.4, -0.2) is 27.6 Å². The molecule has 0 unspecified atom stereocenters. The quantitative estimate of drug-likeness (QED) is 0.833. The van der Waals surface area contributed by atoms with Crippen LogP contribution in [0.2, 0.25) is 0 Å². The summed E-state index contributed by atoms with van der Waals surface area (Å²) >= 11 is 5.46. The molecular formula is C14H19NOS. The molecule has 0 saturated carbocycles. The van der Waals surface area contributed by atoms with Gasteiger partial charge in [-0.1, -0.05) is 42.5 Å². The third-order valence-electron chi connectivity index (χ3n) is 3.47. The largest absolute Gasteiger partial charge is 0.394 e. The average molecular weight is 249 g/mol. The van der Waals surface area contributed by atoms with Crippen LogP contribution < -0.4 is 0 Å². The Kier molecular flexibility index (Phi) is 4.13. The second kappa shape index (κ2) is 5.61. The van der Waals surface area contributed by atoms with E-state index in [1.165, 1.54) is 6.42 Å². The first-order chi connectivity index (χ1) is 8.24. The molecular weight excluding hydrogens is 230 g/mol. The van der Waals surface area contributed by atoms with Crippen LogP contribution in [0.25, 0.3) is 0 Å². The van der Waals surface area contributed by atoms with Gasteiger partial charge in [-0.3, -0.25) is 0 Å². The van der Waals surface area contributed by atoms with Gasteiger partial charge in [-0.2, -0.15) is 0 Å². The molecule has 1 heterocycles. The van der Waals surface area contributed by atoms with Gasteiger partial charge in [0.2, 0.25) is 0 Å². The second-order valence-corrected chi connectivity index (χ2v) is 5.12. The molecule has 1 fully saturated rings. The molecule has 0 radical (unpaired) electrons. The molecule has 1 aromatic rings. The van der Waals surface area contributed by atoms with Crippen molar-refractivity contribution in [2.24, 2.45) is 0 Å². The predicted molar refractivity (Wildman–Crippen MR) is 74.0 cm³/mol. The highest BCUT2D eigenvalue weighted by molar-refractivity contribution is 7.80. The van der Waals surface area contributed by atoms with Gasteiger partial charge in [0.1, 0.15) is 0 Å². The lowest BCUT2D eigenvalue weighted by atomic mass is 9.97. The Morgan fingerprint density at radius 3 is 2.71 bits per heavy atom. The first kappa shape index (κ1) is 12.5. The van der Waals surface area contributed by atoms with E-state index in [4.69, 9.17) is 12.2 Å². The molecule has 1 aromatic carbocycles. The van der Waals surface area contributed by atoms with Gasteiger partial charge < -0.3 is 10.0 Å². The predicted octanol–water partition coefficient (Wildman–Crippen LogP) is 2.92. The van der Waals surface area contributed by atoms with E-state index in [0.29, 0.717) is 6.04 Å². The maximum absolute atomic E-state index is 9.67. The first-order valence-corrected chi connectivity index (χ1v) is 6.62. The van der Waals surface area contributed by atoms with Gasteiger partial charge in [-0.25, -0.2) is 0 Å². The number of aliphatic hydroxyl groups is 1. The zero-order chi connectivity index (χ0) is 12.3. The monoisotopic (exact) mass is 249 g/mol. The third-order valence-corrected chi connectivity index (χ3v) is 3.88. The summed E-state index contributed by atoms with van der Waals surface area (Å²) in [5, 5.41) is 9.67. The standard InChI is InChI=1S/C14H19NOS/c1-11-6-5-9-14(17)15(11)13(10-16)12-7-3-2-4-8-12/h2-4,7-8,11,13,16H,5-6,9-10H2,1H3/t11-,13-/m0/s1. The molecule has 1 N–H and O–H groups in total. The minimum atomic E-state index is 0.0130. The lowest BCUT2D eigenvalue weighted by molar-refractivity contribution is 0.141. The Bertz CT molecular complexity index is 379. The number of thiocarbonyl (C=S) groups is 1. The van der Waals surface area contributed by atoms with Gasteiger partial charge in [-0.05, 0) is 31.7 Å². The van der Waals surface area contributed by atoms with E-state index in [1.807, 2.05) is 18.2 Å². The minimum absolute atomic E-state index is 0.0130. The average Bonchev–Trinajstić information content (AvgIpc) is 2.35. The number of rotatable bonds is 3. The minimum Gasteiger partial charge on any atom is -0.394 e. The Hall–Kier alpha value is -0.930. The molecule has 2 nitrogen and oxygen atoms in total. The maximum Gasteiger partial charge on any atom is 0.0787 e. The summed E-state index contributed by atoms with van der Waals surface area (Å²) in [6.45, 7) is 2.31. The zero-order valence-corrected chi connectivity index (χ0v) is 11.0.